The van der Waals surface area contributed by atoms with E-state index in [1.54, 1.807) is 6.20 Å². The van der Waals surface area contributed by atoms with E-state index in [0.29, 0.717) is 30.4 Å². The topological polar surface area (TPSA) is 117 Å². The van der Waals surface area contributed by atoms with Gasteiger partial charge in [0.2, 0.25) is 0 Å². The lowest BCUT2D eigenvalue weighted by Crippen LogP contribution is -2.40. The first-order chi connectivity index (χ1) is 18.4. The van der Waals surface area contributed by atoms with Gasteiger partial charge in [0.05, 0.1) is 23.0 Å². The predicted molar refractivity (Wildman–Crippen MR) is 146 cm³/mol. The molecule has 0 bridgehead atoms. The Morgan fingerprint density at radius 3 is 2.55 bits per heavy atom. The fraction of sp³-hybridized carbons (Fsp3) is 0.500. The SMILES string of the molecule is N#CC1(CC(=O)[C@@H]2CCCC[C@H]2c2oc(-c3nccs3)nc2-c2ccc(N3CCS(=O)(=O)CC3)cc2)CC1. The summed E-state index contributed by atoms with van der Waals surface area (Å²) in [6.45, 7) is 0.974. The molecule has 198 valence electrons. The van der Waals surface area contributed by atoms with Gasteiger partial charge in [-0.15, -0.1) is 11.3 Å². The van der Waals surface area contributed by atoms with Crippen molar-refractivity contribution in [1.29, 1.82) is 5.26 Å². The van der Waals surface area contributed by atoms with Gasteiger partial charge in [-0.2, -0.15) is 5.26 Å². The molecule has 1 saturated heterocycles. The van der Waals surface area contributed by atoms with Crippen molar-refractivity contribution in [2.24, 2.45) is 11.3 Å². The van der Waals surface area contributed by atoms with Crippen LogP contribution in [0.15, 0.2) is 40.3 Å². The summed E-state index contributed by atoms with van der Waals surface area (Å²) in [7, 11) is -2.95. The number of rotatable bonds is 7. The lowest BCUT2D eigenvalue weighted by Gasteiger charge is -2.30. The minimum absolute atomic E-state index is 0.0890. The Kier molecular flexibility index (Phi) is 6.60. The first-order valence-electron chi connectivity index (χ1n) is 13.3. The number of anilines is 1. The van der Waals surface area contributed by atoms with Crippen LogP contribution in [0.2, 0.25) is 0 Å². The van der Waals surface area contributed by atoms with E-state index in [0.717, 1.165) is 61.2 Å². The maximum atomic E-state index is 13.5. The van der Waals surface area contributed by atoms with Crippen molar-refractivity contribution in [3.63, 3.8) is 0 Å². The van der Waals surface area contributed by atoms with Crippen LogP contribution in [-0.4, -0.2) is 48.8 Å². The van der Waals surface area contributed by atoms with Crippen molar-refractivity contribution < 1.29 is 17.6 Å². The molecule has 1 aromatic carbocycles. The summed E-state index contributed by atoms with van der Waals surface area (Å²) in [5, 5.41) is 12.1. The van der Waals surface area contributed by atoms with Crippen LogP contribution in [-0.2, 0) is 14.6 Å². The summed E-state index contributed by atoms with van der Waals surface area (Å²) in [5.41, 5.74) is 2.14. The maximum Gasteiger partial charge on any atom is 0.256 e. The highest BCUT2D eigenvalue weighted by atomic mass is 32.2. The summed E-state index contributed by atoms with van der Waals surface area (Å²) in [6.07, 6.45) is 7.32. The minimum Gasteiger partial charge on any atom is -0.438 e. The van der Waals surface area contributed by atoms with Gasteiger partial charge in [-0.1, -0.05) is 25.0 Å². The van der Waals surface area contributed by atoms with Gasteiger partial charge in [0.25, 0.3) is 5.89 Å². The second kappa shape index (κ2) is 9.93. The standard InChI is InChI=1S/C28H30N4O4S2/c29-18-28(9-10-28)17-23(33)21-3-1-2-4-22(21)25-24(31-26(36-25)27-30-11-14-37-27)19-5-7-20(8-6-19)32-12-15-38(34,35)16-13-32/h5-8,11,14,21-22H,1-4,9-10,12-13,15-17H2/t21-,22-/m1/s1. The monoisotopic (exact) mass is 550 g/mol. The van der Waals surface area contributed by atoms with Crippen LogP contribution >= 0.6 is 11.3 Å². The molecular weight excluding hydrogens is 520 g/mol. The Balaban J connectivity index is 1.32. The molecule has 3 aliphatic rings. The van der Waals surface area contributed by atoms with E-state index in [4.69, 9.17) is 9.40 Å². The Labute approximate surface area is 226 Å². The van der Waals surface area contributed by atoms with Crippen LogP contribution in [0, 0.1) is 22.7 Å². The van der Waals surface area contributed by atoms with E-state index in [2.05, 4.69) is 16.0 Å². The molecule has 2 aliphatic carbocycles. The van der Waals surface area contributed by atoms with Gasteiger partial charge < -0.3 is 9.32 Å². The van der Waals surface area contributed by atoms with Crippen LogP contribution in [0.3, 0.4) is 0 Å². The number of ketones is 1. The molecule has 1 aliphatic heterocycles. The average Bonchev–Trinajstić information content (AvgIpc) is 3.30. The molecule has 0 N–H and O–H groups in total. The largest absolute Gasteiger partial charge is 0.438 e. The van der Waals surface area contributed by atoms with Crippen molar-refractivity contribution in [2.45, 2.75) is 50.9 Å². The van der Waals surface area contributed by atoms with E-state index < -0.39 is 15.3 Å². The molecule has 38 heavy (non-hydrogen) atoms. The quantitative estimate of drug-likeness (QED) is 0.392. The molecule has 10 heteroatoms. The second-order valence-electron chi connectivity index (χ2n) is 10.8. The van der Waals surface area contributed by atoms with Crippen LogP contribution < -0.4 is 4.90 Å². The van der Waals surface area contributed by atoms with E-state index >= 15 is 0 Å². The van der Waals surface area contributed by atoms with Crippen LogP contribution in [0.4, 0.5) is 5.69 Å². The number of thiazole rings is 1. The summed E-state index contributed by atoms with van der Waals surface area (Å²) >= 11 is 1.46. The number of nitrogens with zero attached hydrogens (tertiary/aromatic N) is 4. The molecule has 3 heterocycles. The number of benzene rings is 1. The van der Waals surface area contributed by atoms with Gasteiger partial charge in [-0.25, -0.2) is 18.4 Å². The van der Waals surface area contributed by atoms with Crippen molar-refractivity contribution in [3.05, 3.63) is 41.6 Å². The van der Waals surface area contributed by atoms with E-state index in [1.807, 2.05) is 29.6 Å². The molecule has 6 rings (SSSR count). The molecule has 2 atom stereocenters. The number of carbonyl (C=O) groups is 1. The highest BCUT2D eigenvalue weighted by molar-refractivity contribution is 7.91. The van der Waals surface area contributed by atoms with Gasteiger partial charge in [0.1, 0.15) is 17.2 Å². The fourth-order valence-corrected chi connectivity index (χ4v) is 7.55. The number of hydrogen-bond acceptors (Lipinski definition) is 9. The predicted octanol–water partition coefficient (Wildman–Crippen LogP) is 5.24. The van der Waals surface area contributed by atoms with Gasteiger partial charge in [0.15, 0.2) is 14.8 Å². The van der Waals surface area contributed by atoms with Crippen molar-refractivity contribution in [3.8, 4) is 28.2 Å². The Morgan fingerprint density at radius 2 is 1.89 bits per heavy atom. The molecule has 2 aromatic heterocycles. The molecular formula is C28H30N4O4S2. The smallest absolute Gasteiger partial charge is 0.256 e. The van der Waals surface area contributed by atoms with E-state index in [1.165, 1.54) is 11.3 Å². The second-order valence-corrected chi connectivity index (χ2v) is 14.0. The minimum atomic E-state index is -2.95. The van der Waals surface area contributed by atoms with Crippen LogP contribution in [0.5, 0.6) is 0 Å². The number of hydrogen-bond donors (Lipinski definition) is 0. The summed E-state index contributed by atoms with van der Waals surface area (Å²) in [4.78, 5) is 24.8. The number of carbonyl (C=O) groups excluding carboxylic acids is 1. The molecule has 3 aromatic rings. The van der Waals surface area contributed by atoms with Gasteiger partial charge in [-0.3, -0.25) is 4.79 Å². The van der Waals surface area contributed by atoms with Crippen molar-refractivity contribution >= 4 is 32.6 Å². The fourth-order valence-electron chi connectivity index (χ4n) is 5.79. The highest BCUT2D eigenvalue weighted by Crippen LogP contribution is 2.51. The number of aromatic nitrogens is 2. The summed E-state index contributed by atoms with van der Waals surface area (Å²) in [6, 6.07) is 10.4. The van der Waals surface area contributed by atoms with Gasteiger partial charge in [-0.05, 0) is 37.8 Å². The van der Waals surface area contributed by atoms with Crippen molar-refractivity contribution in [1.82, 2.24) is 9.97 Å². The molecule has 3 fully saturated rings. The number of sulfone groups is 1. The van der Waals surface area contributed by atoms with E-state index in [-0.39, 0.29) is 29.1 Å². The zero-order valence-electron chi connectivity index (χ0n) is 21.1. The number of nitriles is 1. The lowest BCUT2D eigenvalue weighted by molar-refractivity contribution is -0.125. The van der Waals surface area contributed by atoms with Gasteiger partial charge >= 0.3 is 0 Å². The first-order valence-corrected chi connectivity index (χ1v) is 16.0. The lowest BCUT2D eigenvalue weighted by atomic mass is 9.73. The third-order valence-electron chi connectivity index (χ3n) is 8.24. The van der Waals surface area contributed by atoms with E-state index in [9.17, 15) is 18.5 Å². The Bertz CT molecular complexity index is 1450. The Hall–Kier alpha value is -3.03. The number of oxazole rings is 1. The van der Waals surface area contributed by atoms with Crippen LogP contribution in [0.1, 0.15) is 56.6 Å². The molecule has 8 nitrogen and oxygen atoms in total. The van der Waals surface area contributed by atoms with Gasteiger partial charge in [0, 0.05) is 54.2 Å². The third-order valence-corrected chi connectivity index (χ3v) is 10.6. The normalized spacial score (nSPS) is 24.0. The summed E-state index contributed by atoms with van der Waals surface area (Å²) in [5.74, 6) is 1.43. The molecule has 0 spiro atoms. The summed E-state index contributed by atoms with van der Waals surface area (Å²) < 4.78 is 30.1. The molecule has 0 radical (unpaired) electrons. The zero-order chi connectivity index (χ0) is 26.3. The number of Topliss-reactive ketones (excluding diaryl/α,β-unsaturated/α-hetero) is 1. The Morgan fingerprint density at radius 1 is 1.16 bits per heavy atom. The third kappa shape index (κ3) is 5.02. The van der Waals surface area contributed by atoms with Crippen LogP contribution in [0.25, 0.3) is 22.2 Å². The molecule has 0 amide bonds. The first kappa shape index (κ1) is 25.3. The molecule has 0 unspecified atom stereocenters. The maximum absolute atomic E-state index is 13.5. The molecule has 2 saturated carbocycles. The highest BCUT2D eigenvalue weighted by Gasteiger charge is 2.47. The zero-order valence-corrected chi connectivity index (χ0v) is 22.8. The average molecular weight is 551 g/mol. The van der Waals surface area contributed by atoms with Crippen molar-refractivity contribution in [2.75, 3.05) is 29.5 Å².